The molecule has 0 fully saturated rings. The molecule has 0 atom stereocenters. The Kier molecular flexibility index (Phi) is 6.25. The highest BCUT2D eigenvalue weighted by molar-refractivity contribution is 7.92. The molecule has 4 aromatic rings. The van der Waals surface area contributed by atoms with Crippen molar-refractivity contribution >= 4 is 78.7 Å². The van der Waals surface area contributed by atoms with Gasteiger partial charge in [0.05, 0.1) is 37.2 Å². The molecule has 14 heteroatoms. The van der Waals surface area contributed by atoms with Gasteiger partial charge in [0.2, 0.25) is 0 Å². The summed E-state index contributed by atoms with van der Waals surface area (Å²) in [4.78, 5) is 39.2. The standard InChI is InChI=1S/C20H12Cl3N3O6S2/c1-25(14-5-2-9(21)6-12(14)23)34(31,32)10-3-4-11(22)15(7-10)26-18(27)16-13(24-20(26)30)8-33-17(16)19(28)29/h2-8H,1H3,(H,24,30)(H,28,29). The van der Waals surface area contributed by atoms with Crippen LogP contribution in [0.5, 0.6) is 0 Å². The number of thiophene rings is 1. The summed E-state index contributed by atoms with van der Waals surface area (Å²) in [5.41, 5.74) is -1.93. The number of sulfonamides is 1. The number of fused-ring (bicyclic) bond motifs is 1. The Labute approximate surface area is 210 Å². The molecule has 0 aliphatic rings. The average molecular weight is 561 g/mol. The number of carboxylic acid groups (broad SMARTS) is 1. The number of anilines is 1. The third-order valence-corrected chi connectivity index (χ3v) is 8.51. The number of benzene rings is 2. The van der Waals surface area contributed by atoms with Gasteiger partial charge in [0.1, 0.15) is 4.88 Å². The molecule has 2 heterocycles. The molecule has 0 bridgehead atoms. The Hall–Kier alpha value is -2.83. The van der Waals surface area contributed by atoms with E-state index in [4.69, 9.17) is 34.8 Å². The van der Waals surface area contributed by atoms with Crippen molar-refractivity contribution in [2.24, 2.45) is 0 Å². The van der Waals surface area contributed by atoms with E-state index in [-0.39, 0.29) is 42.1 Å². The molecule has 0 aliphatic carbocycles. The second-order valence-electron chi connectivity index (χ2n) is 6.91. The lowest BCUT2D eigenvalue weighted by atomic mass is 10.2. The van der Waals surface area contributed by atoms with Gasteiger partial charge < -0.3 is 10.1 Å². The number of aromatic carboxylic acids is 1. The van der Waals surface area contributed by atoms with Crippen LogP contribution in [0.15, 0.2) is 56.3 Å². The third-order valence-electron chi connectivity index (χ3n) is 4.91. The van der Waals surface area contributed by atoms with Gasteiger partial charge in [-0.05, 0) is 36.4 Å². The minimum absolute atomic E-state index is 0.0469. The van der Waals surface area contributed by atoms with Crippen molar-refractivity contribution in [3.05, 3.63) is 82.6 Å². The summed E-state index contributed by atoms with van der Waals surface area (Å²) in [5.74, 6) is -1.35. The summed E-state index contributed by atoms with van der Waals surface area (Å²) < 4.78 is 28.1. The first kappa shape index (κ1) is 24.3. The molecular formula is C20H12Cl3N3O6S2. The molecule has 2 aromatic heterocycles. The average Bonchev–Trinajstić information content (AvgIpc) is 3.18. The molecule has 0 spiro atoms. The van der Waals surface area contributed by atoms with Gasteiger partial charge >= 0.3 is 11.7 Å². The molecule has 9 nitrogen and oxygen atoms in total. The van der Waals surface area contributed by atoms with Gasteiger partial charge in [-0.15, -0.1) is 11.3 Å². The summed E-state index contributed by atoms with van der Waals surface area (Å²) in [6, 6.07) is 7.74. The fourth-order valence-corrected chi connectivity index (χ4v) is 6.11. The Morgan fingerprint density at radius 3 is 2.44 bits per heavy atom. The van der Waals surface area contributed by atoms with E-state index in [9.17, 15) is 27.9 Å². The number of halogens is 3. The van der Waals surface area contributed by atoms with Crippen molar-refractivity contribution in [2.75, 3.05) is 11.4 Å². The van der Waals surface area contributed by atoms with Crippen LogP contribution in [0.4, 0.5) is 5.69 Å². The molecule has 34 heavy (non-hydrogen) atoms. The third kappa shape index (κ3) is 3.99. The quantitative estimate of drug-likeness (QED) is 0.376. The summed E-state index contributed by atoms with van der Waals surface area (Å²) in [6.45, 7) is 0. The molecule has 2 N–H and O–H groups in total. The van der Waals surface area contributed by atoms with E-state index in [1.165, 1.54) is 42.8 Å². The van der Waals surface area contributed by atoms with Crippen LogP contribution in [-0.2, 0) is 10.0 Å². The Morgan fingerprint density at radius 2 is 1.79 bits per heavy atom. The minimum atomic E-state index is -4.23. The first-order valence-corrected chi connectivity index (χ1v) is 12.6. The normalized spacial score (nSPS) is 11.6. The zero-order chi connectivity index (χ0) is 24.9. The van der Waals surface area contributed by atoms with E-state index in [2.05, 4.69) is 4.98 Å². The highest BCUT2D eigenvalue weighted by atomic mass is 35.5. The Balaban J connectivity index is 1.92. The van der Waals surface area contributed by atoms with Crippen LogP contribution < -0.4 is 15.6 Å². The highest BCUT2D eigenvalue weighted by Gasteiger charge is 2.26. The molecule has 0 saturated heterocycles. The van der Waals surface area contributed by atoms with Crippen molar-refractivity contribution in [3.8, 4) is 5.69 Å². The van der Waals surface area contributed by atoms with E-state index in [1.54, 1.807) is 0 Å². The summed E-state index contributed by atoms with van der Waals surface area (Å²) >= 11 is 19.0. The number of nitrogens with zero attached hydrogens (tertiary/aromatic N) is 2. The molecule has 0 amide bonds. The fourth-order valence-electron chi connectivity index (χ4n) is 3.26. The topological polar surface area (TPSA) is 130 Å². The maximum Gasteiger partial charge on any atom is 0.346 e. The van der Waals surface area contributed by atoms with E-state index < -0.39 is 27.2 Å². The zero-order valence-electron chi connectivity index (χ0n) is 16.9. The molecular weight excluding hydrogens is 549 g/mol. The van der Waals surface area contributed by atoms with Crippen molar-refractivity contribution in [2.45, 2.75) is 4.90 Å². The van der Waals surface area contributed by atoms with Crippen molar-refractivity contribution in [1.29, 1.82) is 0 Å². The fraction of sp³-hybridized carbons (Fsp3) is 0.0500. The zero-order valence-corrected chi connectivity index (χ0v) is 20.8. The summed E-state index contributed by atoms with van der Waals surface area (Å²) in [6.07, 6.45) is 0. The first-order chi connectivity index (χ1) is 15.9. The van der Waals surface area contributed by atoms with Gasteiger partial charge in [0, 0.05) is 17.5 Å². The molecule has 0 saturated carbocycles. The van der Waals surface area contributed by atoms with Crippen LogP contribution in [-0.4, -0.2) is 36.1 Å². The number of hydrogen-bond acceptors (Lipinski definition) is 6. The van der Waals surface area contributed by atoms with Crippen molar-refractivity contribution in [1.82, 2.24) is 9.55 Å². The van der Waals surface area contributed by atoms with E-state index in [1.807, 2.05) is 0 Å². The number of H-pyrrole nitrogens is 1. The molecule has 0 radical (unpaired) electrons. The van der Waals surface area contributed by atoms with E-state index >= 15 is 0 Å². The summed E-state index contributed by atoms with van der Waals surface area (Å²) in [7, 11) is -2.95. The van der Waals surface area contributed by atoms with Crippen LogP contribution in [0.2, 0.25) is 15.1 Å². The van der Waals surface area contributed by atoms with Crippen LogP contribution in [0, 0.1) is 0 Å². The van der Waals surface area contributed by atoms with Gasteiger partial charge in [-0.2, -0.15) is 0 Å². The van der Waals surface area contributed by atoms with Crippen LogP contribution in [0.3, 0.4) is 0 Å². The van der Waals surface area contributed by atoms with Crippen molar-refractivity contribution < 1.29 is 18.3 Å². The van der Waals surface area contributed by atoms with E-state index in [0.29, 0.717) is 9.59 Å². The van der Waals surface area contributed by atoms with Crippen LogP contribution in [0.25, 0.3) is 16.6 Å². The lowest BCUT2D eigenvalue weighted by Crippen LogP contribution is -2.34. The largest absolute Gasteiger partial charge is 0.477 e. The lowest BCUT2D eigenvalue weighted by Gasteiger charge is -2.21. The monoisotopic (exact) mass is 559 g/mol. The lowest BCUT2D eigenvalue weighted by molar-refractivity contribution is 0.0704. The predicted molar refractivity (Wildman–Crippen MR) is 132 cm³/mol. The molecule has 2 aromatic carbocycles. The van der Waals surface area contributed by atoms with Crippen molar-refractivity contribution in [3.63, 3.8) is 0 Å². The van der Waals surface area contributed by atoms with Gasteiger partial charge in [-0.1, -0.05) is 34.8 Å². The van der Waals surface area contributed by atoms with Gasteiger partial charge in [0.25, 0.3) is 15.6 Å². The second-order valence-corrected chi connectivity index (χ2v) is 11.0. The number of carbonyl (C=O) groups is 1. The molecule has 176 valence electrons. The molecule has 0 unspecified atom stereocenters. The predicted octanol–water partition coefficient (Wildman–Crippen LogP) is 4.22. The smallest absolute Gasteiger partial charge is 0.346 e. The van der Waals surface area contributed by atoms with Gasteiger partial charge in [-0.3, -0.25) is 9.10 Å². The second kappa shape index (κ2) is 8.75. The first-order valence-electron chi connectivity index (χ1n) is 9.17. The maximum atomic E-state index is 13.3. The minimum Gasteiger partial charge on any atom is -0.477 e. The number of carboxylic acids is 1. The number of hydrogen-bond donors (Lipinski definition) is 2. The number of nitrogens with one attached hydrogen (secondary N) is 1. The Bertz CT molecular complexity index is 1710. The summed E-state index contributed by atoms with van der Waals surface area (Å²) in [5, 5.41) is 10.8. The maximum absolute atomic E-state index is 13.3. The number of aromatic nitrogens is 2. The van der Waals surface area contributed by atoms with E-state index in [0.717, 1.165) is 21.7 Å². The number of aromatic amines is 1. The molecule has 0 aliphatic heterocycles. The van der Waals surface area contributed by atoms with Crippen LogP contribution >= 0.6 is 46.1 Å². The SMILES string of the molecule is CN(c1ccc(Cl)cc1Cl)S(=O)(=O)c1ccc(Cl)c(-n2c(=O)[nH]c3csc(C(=O)O)c3c2=O)c1. The van der Waals surface area contributed by atoms with Gasteiger partial charge in [0.15, 0.2) is 0 Å². The van der Waals surface area contributed by atoms with Gasteiger partial charge in [-0.25, -0.2) is 22.6 Å². The van der Waals surface area contributed by atoms with Crippen LogP contribution in [0.1, 0.15) is 9.67 Å². The Morgan fingerprint density at radius 1 is 1.09 bits per heavy atom. The number of rotatable bonds is 5. The molecule has 4 rings (SSSR count). The highest BCUT2D eigenvalue weighted by Crippen LogP contribution is 2.33.